The molecule has 2 fully saturated rings. The first kappa shape index (κ1) is 40.0. The van der Waals surface area contributed by atoms with Crippen LogP contribution in [-0.2, 0) is 34.0 Å². The average molecular weight is 777 g/mol. The Labute approximate surface area is 321 Å². The molecule has 4 unspecified atom stereocenters. The number of fused-ring (bicyclic) bond motifs is 3. The number of phenols is 1. The molecule has 15 heteroatoms. The molecule has 14 nitrogen and oxygen atoms in total. The second-order valence-electron chi connectivity index (χ2n) is 14.7. The molecule has 1 amide bonds. The Morgan fingerprint density at radius 2 is 1.60 bits per heavy atom. The van der Waals surface area contributed by atoms with Crippen molar-refractivity contribution < 1.29 is 47.1 Å². The lowest BCUT2D eigenvalue weighted by Crippen LogP contribution is -2.74. The van der Waals surface area contributed by atoms with Crippen LogP contribution in [0.4, 0.5) is 11.4 Å². The Hall–Kier alpha value is -4.64. The van der Waals surface area contributed by atoms with Gasteiger partial charge >= 0.3 is 0 Å². The van der Waals surface area contributed by atoms with Gasteiger partial charge in [0.25, 0.3) is 0 Å². The summed E-state index contributed by atoms with van der Waals surface area (Å²) in [6, 6.07) is 16.8. The van der Waals surface area contributed by atoms with Crippen LogP contribution in [0.2, 0.25) is 0 Å². The van der Waals surface area contributed by atoms with E-state index in [0.29, 0.717) is 22.4 Å². The zero-order valence-electron chi connectivity index (χ0n) is 31.6. The van der Waals surface area contributed by atoms with Crippen molar-refractivity contribution in [2.24, 2.45) is 29.4 Å². The van der Waals surface area contributed by atoms with Gasteiger partial charge in [-0.05, 0) is 81.6 Å². The van der Waals surface area contributed by atoms with Crippen molar-refractivity contribution in [2.75, 3.05) is 51.6 Å². The zero-order valence-corrected chi connectivity index (χ0v) is 32.5. The minimum Gasteiger partial charge on any atom is -0.507 e. The van der Waals surface area contributed by atoms with Gasteiger partial charge < -0.3 is 30.7 Å². The Morgan fingerprint density at radius 3 is 2.15 bits per heavy atom. The molecule has 3 aromatic rings. The maximum Gasteiger partial charge on any atom is 0.235 e. The van der Waals surface area contributed by atoms with Crippen molar-refractivity contribution in [3.8, 4) is 16.9 Å². The molecule has 0 spiro atoms. The highest BCUT2D eigenvalue weighted by atomic mass is 32.3. The summed E-state index contributed by atoms with van der Waals surface area (Å²) >= 11 is 0. The fourth-order valence-electron chi connectivity index (χ4n) is 8.63. The molecular weight excluding hydrogens is 729 g/mol. The minimum absolute atomic E-state index is 0.0449. The lowest BCUT2D eigenvalue weighted by atomic mass is 9.52. The number of Topliss-reactive ketones (excluding diaryl/α,β-unsaturated/α-hetero) is 4. The van der Waals surface area contributed by atoms with Crippen molar-refractivity contribution in [1.82, 2.24) is 4.90 Å². The zero-order chi connectivity index (χ0) is 40.1. The van der Waals surface area contributed by atoms with Gasteiger partial charge in [-0.2, -0.15) is 0 Å². The summed E-state index contributed by atoms with van der Waals surface area (Å²) in [7, 11) is 3.52. The van der Waals surface area contributed by atoms with Gasteiger partial charge in [-0.3, -0.25) is 37.2 Å². The number of ketones is 4. The minimum atomic E-state index is -3.14. The van der Waals surface area contributed by atoms with E-state index in [-0.39, 0.29) is 42.9 Å². The van der Waals surface area contributed by atoms with E-state index in [1.165, 1.54) is 4.90 Å². The predicted molar refractivity (Wildman–Crippen MR) is 207 cm³/mol. The van der Waals surface area contributed by atoms with E-state index in [2.05, 4.69) is 5.32 Å². The topological polar surface area (TPSA) is 209 Å². The Balaban J connectivity index is 1.43. The van der Waals surface area contributed by atoms with Gasteiger partial charge in [-0.15, -0.1) is 0 Å². The molecule has 0 saturated heterocycles. The first-order valence-corrected chi connectivity index (χ1v) is 19.7. The summed E-state index contributed by atoms with van der Waals surface area (Å²) in [5, 5.41) is 26.4. The third-order valence-corrected chi connectivity index (χ3v) is 13.1. The van der Waals surface area contributed by atoms with Gasteiger partial charge in [0.2, 0.25) is 5.91 Å². The van der Waals surface area contributed by atoms with Crippen LogP contribution in [0.25, 0.3) is 11.1 Å². The lowest BCUT2D eigenvalue weighted by molar-refractivity contribution is -0.181. The van der Waals surface area contributed by atoms with Crippen molar-refractivity contribution in [1.29, 1.82) is 0 Å². The number of carbonyl (C=O) groups excluding carboxylic acids is 5. The van der Waals surface area contributed by atoms with Gasteiger partial charge in [0.1, 0.15) is 16.6 Å². The number of amides is 1. The quantitative estimate of drug-likeness (QED) is 0.166. The van der Waals surface area contributed by atoms with E-state index in [1.54, 1.807) is 77.3 Å². The van der Waals surface area contributed by atoms with E-state index in [1.807, 2.05) is 30.3 Å². The summed E-state index contributed by atoms with van der Waals surface area (Å²) in [6.45, 7) is 3.90. The van der Waals surface area contributed by atoms with Crippen LogP contribution in [0.1, 0.15) is 47.1 Å². The summed E-state index contributed by atoms with van der Waals surface area (Å²) in [4.78, 5) is 71.7. The van der Waals surface area contributed by atoms with Crippen molar-refractivity contribution >= 4 is 51.3 Å². The Bertz CT molecular complexity index is 2020. The summed E-state index contributed by atoms with van der Waals surface area (Å²) in [5.41, 5.74) is 5.76. The molecule has 6 rings (SSSR count). The van der Waals surface area contributed by atoms with Gasteiger partial charge in [-0.25, -0.2) is 0 Å². The highest BCUT2D eigenvalue weighted by Crippen LogP contribution is 2.59. The maximum absolute atomic E-state index is 14.6. The van der Waals surface area contributed by atoms with Crippen molar-refractivity contribution in [2.45, 2.75) is 43.7 Å². The molecule has 3 aromatic carbocycles. The first-order valence-electron chi connectivity index (χ1n) is 18.2. The summed E-state index contributed by atoms with van der Waals surface area (Å²) < 4.78 is 23.3. The number of para-hydroxylation sites is 1. The second-order valence-corrected chi connectivity index (χ2v) is 16.6. The summed E-state index contributed by atoms with van der Waals surface area (Å²) in [6.07, 6.45) is 0.0892. The van der Waals surface area contributed by atoms with Crippen LogP contribution in [0.15, 0.2) is 60.7 Å². The number of primary amides is 1. The molecule has 0 aromatic heterocycles. The molecule has 2 saturated carbocycles. The number of benzene rings is 3. The molecule has 6 N–H and O–H groups in total. The van der Waals surface area contributed by atoms with E-state index in [0.717, 1.165) is 5.69 Å². The lowest BCUT2D eigenvalue weighted by Gasteiger charge is -2.52. The number of phenolic OH excluding ortho intramolecular Hbond substituents is 1. The number of rotatable bonds is 12. The number of nitrogens with one attached hydrogen (secondary N) is 1. The first-order chi connectivity index (χ1) is 26.0. The standard InChI is InChI=1S/C40H48N4O10S/c1-7-53-55(52,54-8-2)39(42-24-12-10-9-11-13-24)22-16-14-21(15-17-22)25-20-28(43(3)4)26-18-23-19-27-32(44(5)6)35(47)31(38(41)50)37(49)40(27,51)36(48)29(23)34(46)30(26)33(25)45/h9-17,20,23,27,29,31-32,39,42,45,51-52H,7-8,18-19H2,1-6H3,(H2,41,50)/t23-,27-,29?,31?,32?,39?,40-/m0/s1. The molecule has 0 radical (unpaired) electrons. The average Bonchev–Trinajstić information content (AvgIpc) is 3.12. The predicted octanol–water partition coefficient (Wildman–Crippen LogP) is 3.89. The number of nitrogens with zero attached hydrogens (tertiary/aromatic N) is 2. The fraction of sp³-hybridized carbons (Fsp3) is 0.425. The molecular formula is C40H48N4O10S. The van der Waals surface area contributed by atoms with Crippen molar-refractivity contribution in [3.05, 3.63) is 77.4 Å². The van der Waals surface area contributed by atoms with E-state index >= 15 is 0 Å². The van der Waals surface area contributed by atoms with E-state index < -0.39 is 80.6 Å². The molecule has 0 aliphatic heterocycles. The molecule has 3 aliphatic rings. The third kappa shape index (κ3) is 6.62. The SMILES string of the molecule is CCOS(O)(OCC)C(Nc1ccccc1)c1ccc(-c2cc(N(C)C)c3c(c2O)C(=O)C2C(=O)[C@]4(O)C(=O)C(C(N)=O)C(=O)C(N(C)C)[C@@H]4C[C@@H]2C3)cc1. The highest BCUT2D eigenvalue weighted by molar-refractivity contribution is 8.21. The molecule has 7 atom stereocenters. The van der Waals surface area contributed by atoms with Gasteiger partial charge in [0.15, 0.2) is 40.0 Å². The van der Waals surface area contributed by atoms with Gasteiger partial charge in [-0.1, -0.05) is 42.5 Å². The number of aromatic hydroxyl groups is 1. The van der Waals surface area contributed by atoms with Gasteiger partial charge in [0, 0.05) is 37.0 Å². The molecule has 0 bridgehead atoms. The number of hydrogen-bond acceptors (Lipinski definition) is 13. The summed E-state index contributed by atoms with van der Waals surface area (Å²) in [5.74, 6) is -11.1. The number of carbonyl (C=O) groups is 5. The normalized spacial score (nSPS) is 25.9. The Morgan fingerprint density at radius 1 is 0.982 bits per heavy atom. The molecule has 0 heterocycles. The van der Waals surface area contributed by atoms with E-state index in [9.17, 15) is 38.7 Å². The number of anilines is 2. The van der Waals surface area contributed by atoms with Crippen LogP contribution >= 0.6 is 10.9 Å². The van der Waals surface area contributed by atoms with Crippen LogP contribution in [0.3, 0.4) is 0 Å². The number of nitrogens with two attached hydrogens (primary N) is 1. The van der Waals surface area contributed by atoms with Crippen LogP contribution in [-0.4, -0.2) is 102 Å². The Kier molecular flexibility index (Phi) is 11.0. The number of likely N-dealkylation sites (N-methyl/N-ethyl adjacent to an activating group) is 1. The smallest absolute Gasteiger partial charge is 0.235 e. The van der Waals surface area contributed by atoms with Crippen LogP contribution in [0.5, 0.6) is 5.75 Å². The van der Waals surface area contributed by atoms with Crippen LogP contribution < -0.4 is 16.0 Å². The molecule has 3 aliphatic carbocycles. The highest BCUT2D eigenvalue weighted by Gasteiger charge is 2.69. The second kappa shape index (κ2) is 15.1. The largest absolute Gasteiger partial charge is 0.507 e. The number of aliphatic hydroxyl groups is 1. The molecule has 55 heavy (non-hydrogen) atoms. The molecule has 294 valence electrons. The fourth-order valence-corrected chi connectivity index (χ4v) is 10.4. The van der Waals surface area contributed by atoms with Crippen LogP contribution in [0, 0.1) is 23.7 Å². The maximum atomic E-state index is 14.6. The van der Waals surface area contributed by atoms with E-state index in [4.69, 9.17) is 14.1 Å². The third-order valence-electron chi connectivity index (χ3n) is 11.0. The monoisotopic (exact) mass is 776 g/mol. The number of hydrogen-bond donors (Lipinski definition) is 5. The van der Waals surface area contributed by atoms with Gasteiger partial charge in [0.05, 0.1) is 30.7 Å². The van der Waals surface area contributed by atoms with Crippen molar-refractivity contribution in [3.63, 3.8) is 0 Å².